The molecule has 3 heterocycles. The second kappa shape index (κ2) is 6.87. The van der Waals surface area contributed by atoms with Crippen molar-refractivity contribution < 1.29 is 14.4 Å². The van der Waals surface area contributed by atoms with E-state index in [1.54, 1.807) is 11.6 Å². The highest BCUT2D eigenvalue weighted by molar-refractivity contribution is 7.09. The van der Waals surface area contributed by atoms with Crippen molar-refractivity contribution in [2.75, 3.05) is 26.2 Å². The first kappa shape index (κ1) is 16.2. The number of amides is 3. The van der Waals surface area contributed by atoms with Crippen LogP contribution in [0.4, 0.5) is 4.79 Å². The molecule has 0 radical (unpaired) electrons. The highest BCUT2D eigenvalue weighted by Gasteiger charge is 2.52. The molecule has 1 N–H and O–H groups in total. The Bertz CT molecular complexity index is 714. The number of hydrogen-bond acceptors (Lipinski definition) is 6. The van der Waals surface area contributed by atoms with E-state index in [-0.39, 0.29) is 37.7 Å². The number of thiazole rings is 1. The van der Waals surface area contributed by atoms with Crippen molar-refractivity contribution >= 4 is 23.3 Å². The topological polar surface area (TPSA) is 124 Å². The van der Waals surface area contributed by atoms with Crippen LogP contribution in [0.25, 0.3) is 10.4 Å². The average Bonchev–Trinajstić information content (AvgIpc) is 3.16. The molecule has 0 aliphatic carbocycles. The predicted molar refractivity (Wildman–Crippen MR) is 84.7 cm³/mol. The van der Waals surface area contributed by atoms with Crippen molar-refractivity contribution in [3.63, 3.8) is 0 Å². The zero-order valence-corrected chi connectivity index (χ0v) is 13.5. The Labute approximate surface area is 141 Å². The molecule has 2 aliphatic rings. The summed E-state index contributed by atoms with van der Waals surface area (Å²) >= 11 is 1.39. The number of nitrogens with one attached hydrogen (secondary N) is 1. The molecule has 0 spiro atoms. The Morgan fingerprint density at radius 1 is 1.71 bits per heavy atom. The van der Waals surface area contributed by atoms with E-state index >= 15 is 0 Å². The second-order valence-electron chi connectivity index (χ2n) is 5.11. The third-order valence-corrected chi connectivity index (χ3v) is 4.68. The largest absolute Gasteiger partial charge is 0.354 e. The Balaban J connectivity index is 1.82. The second-order valence-corrected chi connectivity index (χ2v) is 6.00. The number of urea groups is 1. The first-order valence-electron chi connectivity index (χ1n) is 7.24. The lowest BCUT2D eigenvalue weighted by Crippen LogP contribution is -2.44. The number of carbonyl (C=O) groups is 2. The van der Waals surface area contributed by atoms with Gasteiger partial charge < -0.3 is 10.2 Å². The van der Waals surface area contributed by atoms with Gasteiger partial charge in [-0.25, -0.2) is 9.78 Å². The smallest absolute Gasteiger partial charge is 0.345 e. The van der Waals surface area contributed by atoms with Gasteiger partial charge in [0.1, 0.15) is 6.04 Å². The fourth-order valence-electron chi connectivity index (χ4n) is 2.78. The van der Waals surface area contributed by atoms with Crippen LogP contribution in [-0.2, 0) is 9.63 Å². The molecule has 0 unspecified atom stereocenters. The molecule has 3 amide bonds. The summed E-state index contributed by atoms with van der Waals surface area (Å²) in [5.41, 5.74) is 10.5. The van der Waals surface area contributed by atoms with Crippen molar-refractivity contribution in [1.29, 1.82) is 0 Å². The van der Waals surface area contributed by atoms with Crippen LogP contribution < -0.4 is 5.32 Å². The first-order chi connectivity index (χ1) is 11.7. The number of nitrogens with zero attached hydrogens (tertiary/aromatic N) is 6. The van der Waals surface area contributed by atoms with Crippen molar-refractivity contribution in [3.05, 3.63) is 39.2 Å². The molecule has 0 aromatic carbocycles. The Morgan fingerprint density at radius 2 is 2.54 bits per heavy atom. The van der Waals surface area contributed by atoms with Gasteiger partial charge in [0.25, 0.3) is 0 Å². The fourth-order valence-corrected chi connectivity index (χ4v) is 3.68. The molecule has 2 aliphatic heterocycles. The van der Waals surface area contributed by atoms with Gasteiger partial charge in [0.15, 0.2) is 6.04 Å². The molecule has 11 heteroatoms. The Morgan fingerprint density at radius 3 is 3.29 bits per heavy atom. The van der Waals surface area contributed by atoms with Crippen LogP contribution in [-0.4, -0.2) is 53.1 Å². The minimum absolute atomic E-state index is 0.143. The third kappa shape index (κ3) is 2.68. The van der Waals surface area contributed by atoms with Crippen LogP contribution in [0.3, 0.4) is 0 Å². The quantitative estimate of drug-likeness (QED) is 0.263. The summed E-state index contributed by atoms with van der Waals surface area (Å²) in [6, 6.07) is -1.45. The molecule has 1 fully saturated rings. The van der Waals surface area contributed by atoms with Gasteiger partial charge in [0.2, 0.25) is 5.91 Å². The van der Waals surface area contributed by atoms with Crippen molar-refractivity contribution in [2.45, 2.75) is 12.1 Å². The predicted octanol–water partition coefficient (Wildman–Crippen LogP) is 1.52. The van der Waals surface area contributed by atoms with Crippen molar-refractivity contribution in [3.8, 4) is 0 Å². The first-order valence-corrected chi connectivity index (χ1v) is 8.12. The van der Waals surface area contributed by atoms with Crippen LogP contribution >= 0.6 is 11.3 Å². The van der Waals surface area contributed by atoms with Gasteiger partial charge in [0, 0.05) is 18.0 Å². The zero-order chi connectivity index (χ0) is 17.1. The van der Waals surface area contributed by atoms with E-state index < -0.39 is 6.04 Å². The molecule has 3 rings (SSSR count). The number of azide groups is 1. The summed E-state index contributed by atoms with van der Waals surface area (Å²) in [6.07, 6.45) is 1.55. The van der Waals surface area contributed by atoms with E-state index in [0.717, 1.165) is 4.88 Å². The lowest BCUT2D eigenvalue weighted by molar-refractivity contribution is -0.126. The van der Waals surface area contributed by atoms with E-state index in [9.17, 15) is 9.59 Å². The molecule has 1 saturated heterocycles. The number of hydrogen-bond donors (Lipinski definition) is 1. The van der Waals surface area contributed by atoms with Crippen molar-refractivity contribution in [1.82, 2.24) is 20.3 Å². The fraction of sp³-hybridized carbons (Fsp3) is 0.462. The van der Waals surface area contributed by atoms with Gasteiger partial charge in [-0.05, 0) is 5.53 Å². The monoisotopic (exact) mass is 349 g/mol. The zero-order valence-electron chi connectivity index (χ0n) is 12.7. The van der Waals surface area contributed by atoms with Crippen LogP contribution in [0, 0.1) is 0 Å². The maximum absolute atomic E-state index is 12.6. The SMILES string of the molecule is C=CCON1C(=O)N2C[C@@H]1c1scnc1[C@H]2C(=O)NCCN=[N+]=[N-]. The highest BCUT2D eigenvalue weighted by atomic mass is 32.1. The van der Waals surface area contributed by atoms with Crippen LogP contribution in [0.1, 0.15) is 22.7 Å². The average molecular weight is 349 g/mol. The molecule has 2 bridgehead atoms. The normalized spacial score (nSPS) is 21.2. The molecular weight excluding hydrogens is 334 g/mol. The summed E-state index contributed by atoms with van der Waals surface area (Å²) in [5, 5.41) is 7.32. The molecule has 10 nitrogen and oxygen atoms in total. The summed E-state index contributed by atoms with van der Waals surface area (Å²) in [6.45, 7) is 4.47. The Kier molecular flexibility index (Phi) is 4.65. The molecule has 0 saturated carbocycles. The van der Waals surface area contributed by atoms with Gasteiger partial charge in [-0.3, -0.25) is 9.63 Å². The molecular formula is C13H15N7O3S. The number of carbonyl (C=O) groups excluding carboxylic acids is 2. The molecule has 1 aromatic rings. The maximum Gasteiger partial charge on any atom is 0.345 e. The maximum atomic E-state index is 12.6. The number of fused-ring (bicyclic) bond motifs is 4. The van der Waals surface area contributed by atoms with Gasteiger partial charge in [0.05, 0.1) is 29.2 Å². The van der Waals surface area contributed by atoms with E-state index in [1.165, 1.54) is 21.3 Å². The van der Waals surface area contributed by atoms with Crippen molar-refractivity contribution in [2.24, 2.45) is 5.11 Å². The summed E-state index contributed by atoms with van der Waals surface area (Å²) < 4.78 is 0. The Hall–Kier alpha value is -2.62. The number of aromatic nitrogens is 1. The van der Waals surface area contributed by atoms with E-state index in [2.05, 4.69) is 26.9 Å². The summed E-state index contributed by atoms with van der Waals surface area (Å²) in [7, 11) is 0. The van der Waals surface area contributed by atoms with Gasteiger partial charge in [-0.15, -0.1) is 17.9 Å². The molecule has 2 atom stereocenters. The molecule has 1 aromatic heterocycles. The highest BCUT2D eigenvalue weighted by Crippen LogP contribution is 2.45. The van der Waals surface area contributed by atoms with Crippen LogP contribution in [0.2, 0.25) is 0 Å². The minimum Gasteiger partial charge on any atom is -0.354 e. The molecule has 126 valence electrons. The summed E-state index contributed by atoms with van der Waals surface area (Å²) in [4.78, 5) is 39.7. The third-order valence-electron chi connectivity index (χ3n) is 3.74. The minimum atomic E-state index is -0.807. The van der Waals surface area contributed by atoms with Gasteiger partial charge >= 0.3 is 6.03 Å². The van der Waals surface area contributed by atoms with Crippen LogP contribution in [0.5, 0.6) is 0 Å². The van der Waals surface area contributed by atoms with Gasteiger partial charge in [-0.1, -0.05) is 11.2 Å². The summed E-state index contributed by atoms with van der Waals surface area (Å²) in [5.74, 6) is -0.354. The van der Waals surface area contributed by atoms with Crippen LogP contribution in [0.15, 0.2) is 23.3 Å². The number of rotatable bonds is 7. The van der Waals surface area contributed by atoms with E-state index in [4.69, 9.17) is 10.4 Å². The molecule has 24 heavy (non-hydrogen) atoms. The standard InChI is InChI=1S/C13H15N7O3S/c1-2-5-23-20-8-6-19(13(20)22)10(9-11(8)24-7-16-9)12(21)15-3-4-17-18-14/h2,7-8,10H,1,3-6H2,(H,15,21)/t8-,10+/m1/s1. The lowest BCUT2D eigenvalue weighted by Gasteiger charge is -2.28. The van der Waals surface area contributed by atoms with E-state index in [1.807, 2.05) is 0 Å². The van der Waals surface area contributed by atoms with Gasteiger partial charge in [-0.2, -0.15) is 5.06 Å². The number of hydroxylamine groups is 2. The van der Waals surface area contributed by atoms with E-state index in [0.29, 0.717) is 12.2 Å². The lowest BCUT2D eigenvalue weighted by atomic mass is 10.0.